The van der Waals surface area contributed by atoms with E-state index < -0.39 is 5.91 Å². The summed E-state index contributed by atoms with van der Waals surface area (Å²) in [4.78, 5) is 37.7. The van der Waals surface area contributed by atoms with Crippen LogP contribution in [0.4, 0.5) is 10.7 Å². The number of carbonyl (C=O) groups is 3. The lowest BCUT2D eigenvalue weighted by Crippen LogP contribution is -2.19. The van der Waals surface area contributed by atoms with Crippen molar-refractivity contribution in [1.82, 2.24) is 0 Å². The van der Waals surface area contributed by atoms with Gasteiger partial charge in [-0.1, -0.05) is 6.92 Å². The molecule has 1 aromatic carbocycles. The largest absolute Gasteiger partial charge is 0.365 e. The zero-order valence-electron chi connectivity index (χ0n) is 15.8. The molecule has 6 nitrogen and oxygen atoms in total. The molecule has 1 aliphatic carbocycles. The van der Waals surface area contributed by atoms with Crippen molar-refractivity contribution >= 4 is 39.7 Å². The van der Waals surface area contributed by atoms with E-state index in [1.165, 1.54) is 11.3 Å². The quantitative estimate of drug-likeness (QED) is 0.739. The lowest BCUT2D eigenvalue weighted by atomic mass is 9.88. The van der Waals surface area contributed by atoms with Crippen LogP contribution in [0.3, 0.4) is 0 Å². The second-order valence-electron chi connectivity index (χ2n) is 7.65. The van der Waals surface area contributed by atoms with Gasteiger partial charge in [0.25, 0.3) is 11.8 Å². The third kappa shape index (κ3) is 3.54. The smallest absolute Gasteiger partial charge is 0.256 e. The zero-order chi connectivity index (χ0) is 19.8. The van der Waals surface area contributed by atoms with Gasteiger partial charge >= 0.3 is 0 Å². The van der Waals surface area contributed by atoms with Crippen molar-refractivity contribution in [3.05, 3.63) is 45.3 Å². The Bertz CT molecular complexity index is 980. The Balaban J connectivity index is 1.62. The highest BCUT2D eigenvalue weighted by atomic mass is 32.1. The van der Waals surface area contributed by atoms with Crippen LogP contribution in [-0.2, 0) is 24.1 Å². The molecule has 2 aliphatic rings. The van der Waals surface area contributed by atoms with Crippen molar-refractivity contribution in [3.8, 4) is 0 Å². The third-order valence-corrected chi connectivity index (χ3v) is 6.65. The summed E-state index contributed by atoms with van der Waals surface area (Å²) in [5.74, 6) is -0.199. The molecule has 2 heterocycles. The minimum absolute atomic E-state index is 0.000413. The van der Waals surface area contributed by atoms with Gasteiger partial charge in [-0.3, -0.25) is 14.4 Å². The van der Waals surface area contributed by atoms with Crippen LogP contribution in [0.5, 0.6) is 0 Å². The minimum Gasteiger partial charge on any atom is -0.365 e. The van der Waals surface area contributed by atoms with E-state index >= 15 is 0 Å². The fraction of sp³-hybridized carbons (Fsp3) is 0.381. The fourth-order valence-electron chi connectivity index (χ4n) is 3.99. The van der Waals surface area contributed by atoms with Crippen molar-refractivity contribution in [2.24, 2.45) is 11.7 Å². The lowest BCUT2D eigenvalue weighted by Gasteiger charge is -2.18. The second-order valence-corrected chi connectivity index (χ2v) is 8.75. The molecule has 0 spiro atoms. The van der Waals surface area contributed by atoms with Crippen molar-refractivity contribution in [2.45, 2.75) is 45.4 Å². The average Bonchev–Trinajstić information content (AvgIpc) is 2.88. The first-order valence-corrected chi connectivity index (χ1v) is 10.4. The summed E-state index contributed by atoms with van der Waals surface area (Å²) in [6.45, 7) is 2.19. The van der Waals surface area contributed by atoms with Gasteiger partial charge in [0, 0.05) is 22.5 Å². The topological polar surface area (TPSA) is 101 Å². The maximum atomic E-state index is 12.9. The second kappa shape index (κ2) is 7.39. The number of hydrogen-bond donors (Lipinski definition) is 3. The van der Waals surface area contributed by atoms with Crippen LogP contribution in [-0.4, -0.2) is 17.7 Å². The Morgan fingerprint density at radius 3 is 2.86 bits per heavy atom. The standard InChI is InChI=1S/C21H23N3O3S/c1-11-5-7-14-16(9-11)28-21(18(14)19(22)26)24-20(27)13-6-8-15-12(10-13)3-2-4-17(25)23-15/h6,8,10-11H,2-5,7,9H2,1H3,(H2,22,26)(H,23,25)(H,24,27). The average molecular weight is 398 g/mol. The Labute approximate surface area is 167 Å². The Kier molecular flexibility index (Phi) is 4.93. The van der Waals surface area contributed by atoms with Gasteiger partial charge in [0.15, 0.2) is 0 Å². The first-order chi connectivity index (χ1) is 13.4. The van der Waals surface area contributed by atoms with E-state index in [-0.39, 0.29) is 11.8 Å². The van der Waals surface area contributed by atoms with Crippen LogP contribution in [0.15, 0.2) is 18.2 Å². The lowest BCUT2D eigenvalue weighted by molar-refractivity contribution is -0.116. The van der Waals surface area contributed by atoms with Gasteiger partial charge in [0.2, 0.25) is 5.91 Å². The van der Waals surface area contributed by atoms with Gasteiger partial charge < -0.3 is 16.4 Å². The molecule has 0 bridgehead atoms. The predicted octanol–water partition coefficient (Wildman–Crippen LogP) is 3.50. The molecular weight excluding hydrogens is 374 g/mol. The van der Waals surface area contributed by atoms with E-state index in [4.69, 9.17) is 5.73 Å². The van der Waals surface area contributed by atoms with Crippen LogP contribution < -0.4 is 16.4 Å². The van der Waals surface area contributed by atoms with Crippen molar-refractivity contribution in [2.75, 3.05) is 10.6 Å². The molecule has 3 amide bonds. The summed E-state index contributed by atoms with van der Waals surface area (Å²) in [5.41, 5.74) is 9.30. The molecule has 4 N–H and O–H groups in total. The van der Waals surface area contributed by atoms with Gasteiger partial charge in [-0.15, -0.1) is 11.3 Å². The number of amides is 3. The van der Waals surface area contributed by atoms with Crippen LogP contribution in [0.2, 0.25) is 0 Å². The summed E-state index contributed by atoms with van der Waals surface area (Å²) in [6.07, 6.45) is 4.73. The SMILES string of the molecule is CC1CCc2c(sc(NC(=O)c3ccc4c(c3)CCCC(=O)N4)c2C(N)=O)C1. The molecule has 0 radical (unpaired) electrons. The number of hydrogen-bond acceptors (Lipinski definition) is 4. The number of fused-ring (bicyclic) bond motifs is 2. The number of anilines is 2. The number of nitrogens with one attached hydrogen (secondary N) is 2. The number of nitrogens with two attached hydrogens (primary N) is 1. The summed E-state index contributed by atoms with van der Waals surface area (Å²) in [6, 6.07) is 5.28. The van der Waals surface area contributed by atoms with E-state index in [1.54, 1.807) is 12.1 Å². The molecule has 4 rings (SSSR count). The number of carbonyl (C=O) groups excluding carboxylic acids is 3. The predicted molar refractivity (Wildman–Crippen MR) is 110 cm³/mol. The molecule has 1 aliphatic heterocycles. The Morgan fingerprint density at radius 1 is 1.25 bits per heavy atom. The molecular formula is C21H23N3O3S. The van der Waals surface area contributed by atoms with Gasteiger partial charge in [-0.25, -0.2) is 0 Å². The molecule has 0 saturated carbocycles. The molecule has 0 fully saturated rings. The Hall–Kier alpha value is -2.67. The molecule has 1 aromatic heterocycles. The summed E-state index contributed by atoms with van der Waals surface area (Å²) < 4.78 is 0. The monoisotopic (exact) mass is 397 g/mol. The zero-order valence-corrected chi connectivity index (χ0v) is 16.6. The molecule has 146 valence electrons. The van der Waals surface area contributed by atoms with E-state index in [0.717, 1.165) is 53.8 Å². The normalized spacial score (nSPS) is 18.5. The van der Waals surface area contributed by atoms with E-state index in [1.807, 2.05) is 6.07 Å². The highest BCUT2D eigenvalue weighted by Crippen LogP contribution is 2.39. The van der Waals surface area contributed by atoms with Crippen LogP contribution >= 0.6 is 11.3 Å². The number of primary amides is 1. The molecule has 2 aromatic rings. The van der Waals surface area contributed by atoms with Gasteiger partial charge in [-0.2, -0.15) is 0 Å². The van der Waals surface area contributed by atoms with Crippen LogP contribution in [0.25, 0.3) is 0 Å². The summed E-state index contributed by atoms with van der Waals surface area (Å²) in [7, 11) is 0. The number of benzene rings is 1. The Morgan fingerprint density at radius 2 is 2.07 bits per heavy atom. The minimum atomic E-state index is -0.494. The molecule has 1 atom stereocenters. The summed E-state index contributed by atoms with van der Waals surface area (Å²) in [5, 5.41) is 6.31. The van der Waals surface area contributed by atoms with Crippen molar-refractivity contribution in [3.63, 3.8) is 0 Å². The van der Waals surface area contributed by atoms with Crippen molar-refractivity contribution in [1.29, 1.82) is 0 Å². The van der Waals surface area contributed by atoms with Gasteiger partial charge in [0.1, 0.15) is 5.00 Å². The molecule has 0 saturated heterocycles. The molecule has 1 unspecified atom stereocenters. The maximum absolute atomic E-state index is 12.9. The first-order valence-electron chi connectivity index (χ1n) is 9.61. The highest BCUT2D eigenvalue weighted by molar-refractivity contribution is 7.17. The third-order valence-electron chi connectivity index (χ3n) is 5.48. The van der Waals surface area contributed by atoms with Gasteiger partial charge in [0.05, 0.1) is 5.56 Å². The first kappa shape index (κ1) is 18.7. The molecule has 7 heteroatoms. The number of thiophene rings is 1. The number of aryl methyl sites for hydroxylation is 1. The van der Waals surface area contributed by atoms with Crippen LogP contribution in [0.1, 0.15) is 62.9 Å². The van der Waals surface area contributed by atoms with Gasteiger partial charge in [-0.05, 0) is 67.3 Å². The molecule has 28 heavy (non-hydrogen) atoms. The summed E-state index contributed by atoms with van der Waals surface area (Å²) >= 11 is 1.46. The van der Waals surface area contributed by atoms with E-state index in [9.17, 15) is 14.4 Å². The van der Waals surface area contributed by atoms with E-state index in [2.05, 4.69) is 17.6 Å². The van der Waals surface area contributed by atoms with Crippen LogP contribution in [0, 0.1) is 5.92 Å². The maximum Gasteiger partial charge on any atom is 0.256 e. The number of rotatable bonds is 3. The van der Waals surface area contributed by atoms with E-state index in [0.29, 0.717) is 28.5 Å². The highest BCUT2D eigenvalue weighted by Gasteiger charge is 2.27. The fourth-order valence-corrected chi connectivity index (χ4v) is 5.40. The van der Waals surface area contributed by atoms with Crippen molar-refractivity contribution < 1.29 is 14.4 Å².